The van der Waals surface area contributed by atoms with Crippen LogP contribution in [-0.2, 0) is 16.9 Å². The van der Waals surface area contributed by atoms with E-state index in [-0.39, 0.29) is 30.7 Å². The van der Waals surface area contributed by atoms with Gasteiger partial charge in [0.15, 0.2) is 0 Å². The summed E-state index contributed by atoms with van der Waals surface area (Å²) in [6, 6.07) is 10.3. The van der Waals surface area contributed by atoms with Gasteiger partial charge >= 0.3 is 0 Å². The Morgan fingerprint density at radius 2 is 1.78 bits per heavy atom. The summed E-state index contributed by atoms with van der Waals surface area (Å²) in [6.07, 6.45) is 2.26. The summed E-state index contributed by atoms with van der Waals surface area (Å²) in [6.45, 7) is 0.431. The van der Waals surface area contributed by atoms with Gasteiger partial charge in [-0.15, -0.1) is 0 Å². The van der Waals surface area contributed by atoms with Crippen LogP contribution in [0, 0.1) is 17.5 Å². The number of hydroxylamine groups is 1. The molecule has 1 aliphatic rings. The van der Waals surface area contributed by atoms with Gasteiger partial charge in [0.05, 0.1) is 12.1 Å². The summed E-state index contributed by atoms with van der Waals surface area (Å²) in [5, 5.41) is 8.68. The lowest BCUT2D eigenvalue weighted by Gasteiger charge is -2.30. The van der Waals surface area contributed by atoms with Gasteiger partial charge in [-0.1, -0.05) is 12.1 Å². The lowest BCUT2D eigenvalue weighted by Crippen LogP contribution is -2.32. The van der Waals surface area contributed by atoms with Gasteiger partial charge in [-0.2, -0.15) is 0 Å². The number of ether oxygens (including phenoxy) is 1. The second-order valence-corrected chi connectivity index (χ2v) is 7.54. The minimum atomic E-state index is -1.51. The number of pyridine rings is 1. The first-order valence-corrected chi connectivity index (χ1v) is 9.87. The van der Waals surface area contributed by atoms with Gasteiger partial charge in [0, 0.05) is 36.6 Å². The maximum Gasteiger partial charge on any atom is 0.274 e. The van der Waals surface area contributed by atoms with Crippen molar-refractivity contribution in [3.05, 3.63) is 105 Å². The number of nitrogens with one attached hydrogen (secondary N) is 1. The predicted molar refractivity (Wildman–Crippen MR) is 108 cm³/mol. The van der Waals surface area contributed by atoms with Crippen molar-refractivity contribution in [3.8, 4) is 0 Å². The van der Waals surface area contributed by atoms with Crippen LogP contribution in [0.1, 0.15) is 39.9 Å². The van der Waals surface area contributed by atoms with E-state index >= 15 is 0 Å². The monoisotopic (exact) mass is 444 g/mol. The number of amides is 1. The van der Waals surface area contributed by atoms with E-state index in [9.17, 15) is 22.8 Å². The van der Waals surface area contributed by atoms with E-state index in [4.69, 9.17) is 9.94 Å². The molecule has 1 aromatic heterocycles. The van der Waals surface area contributed by atoms with Crippen LogP contribution >= 0.6 is 0 Å². The molecule has 3 aromatic rings. The van der Waals surface area contributed by atoms with Gasteiger partial charge in [-0.05, 0) is 42.2 Å². The molecule has 9 heteroatoms. The van der Waals surface area contributed by atoms with Crippen LogP contribution in [0.4, 0.5) is 13.2 Å². The topological polar surface area (TPSA) is 80.6 Å². The lowest BCUT2D eigenvalue weighted by molar-refractivity contribution is 0.0296. The summed E-state index contributed by atoms with van der Waals surface area (Å²) in [5.74, 6) is -3.82. The number of benzene rings is 2. The molecule has 0 radical (unpaired) electrons. The van der Waals surface area contributed by atoms with Gasteiger partial charge in [-0.25, -0.2) is 18.7 Å². The average Bonchev–Trinajstić information content (AvgIpc) is 3.25. The molecule has 0 spiro atoms. The molecule has 1 fully saturated rings. The van der Waals surface area contributed by atoms with Crippen LogP contribution in [0.15, 0.2) is 59.5 Å². The number of aromatic nitrogens is 1. The molecule has 4 rings (SSSR count). The number of rotatable bonds is 5. The molecule has 0 bridgehead atoms. The largest absolute Gasteiger partial charge is 0.365 e. The van der Waals surface area contributed by atoms with E-state index in [1.165, 1.54) is 29.0 Å². The highest BCUT2D eigenvalue weighted by molar-refractivity contribution is 5.93. The molecule has 1 unspecified atom stereocenters. The van der Waals surface area contributed by atoms with Gasteiger partial charge < -0.3 is 9.30 Å². The van der Waals surface area contributed by atoms with Crippen molar-refractivity contribution in [2.24, 2.45) is 0 Å². The van der Waals surface area contributed by atoms with E-state index in [1.54, 1.807) is 23.7 Å². The molecule has 0 aliphatic carbocycles. The number of hydrogen-bond donors (Lipinski definition) is 2. The minimum Gasteiger partial charge on any atom is -0.365 e. The lowest BCUT2D eigenvalue weighted by atomic mass is 9.83. The van der Waals surface area contributed by atoms with E-state index < -0.39 is 40.1 Å². The Labute approximate surface area is 180 Å². The average molecular weight is 444 g/mol. The standard InChI is InChI=1S/C23H19F3N2O4/c24-17-11-18(25)21(19(26)12-17)23(7-1-9-32-23)16-6-8-28(20(29)10-16)13-14-2-4-15(5-3-14)22(30)27-31/h2-6,8,10-12,31H,1,7,9,13H2,(H,27,30). The third kappa shape index (κ3) is 3.92. The minimum absolute atomic E-state index is 0.188. The summed E-state index contributed by atoms with van der Waals surface area (Å²) in [7, 11) is 0. The molecule has 0 saturated carbocycles. The summed E-state index contributed by atoms with van der Waals surface area (Å²) < 4.78 is 49.8. The normalized spacial score (nSPS) is 18.0. The van der Waals surface area contributed by atoms with Gasteiger partial charge in [-0.3, -0.25) is 14.8 Å². The number of halogens is 3. The number of carbonyl (C=O) groups is 1. The second-order valence-electron chi connectivity index (χ2n) is 7.54. The Balaban J connectivity index is 1.68. The fourth-order valence-electron chi connectivity index (χ4n) is 4.05. The highest BCUT2D eigenvalue weighted by Gasteiger charge is 2.43. The maximum absolute atomic E-state index is 14.6. The molecule has 6 nitrogen and oxygen atoms in total. The van der Waals surface area contributed by atoms with Crippen molar-refractivity contribution in [2.45, 2.75) is 25.0 Å². The van der Waals surface area contributed by atoms with E-state index in [0.717, 1.165) is 5.56 Å². The highest BCUT2D eigenvalue weighted by Crippen LogP contribution is 2.44. The third-order valence-corrected chi connectivity index (χ3v) is 5.57. The second kappa shape index (κ2) is 8.60. The van der Waals surface area contributed by atoms with Crippen LogP contribution in [0.2, 0.25) is 0 Å². The molecule has 166 valence electrons. The zero-order chi connectivity index (χ0) is 22.9. The van der Waals surface area contributed by atoms with Crippen molar-refractivity contribution >= 4 is 5.91 Å². The Morgan fingerprint density at radius 3 is 2.34 bits per heavy atom. The number of nitrogens with zero attached hydrogens (tertiary/aromatic N) is 1. The molecule has 2 heterocycles. The molecular formula is C23H19F3N2O4. The van der Waals surface area contributed by atoms with E-state index in [1.807, 2.05) is 0 Å². The summed E-state index contributed by atoms with van der Waals surface area (Å²) >= 11 is 0. The maximum atomic E-state index is 14.6. The van der Waals surface area contributed by atoms with Crippen LogP contribution in [0.3, 0.4) is 0 Å². The zero-order valence-electron chi connectivity index (χ0n) is 16.8. The van der Waals surface area contributed by atoms with Crippen molar-refractivity contribution < 1.29 is 27.9 Å². The predicted octanol–water partition coefficient (Wildman–Crippen LogP) is 3.49. The molecule has 1 atom stereocenters. The van der Waals surface area contributed by atoms with Crippen molar-refractivity contribution in [3.63, 3.8) is 0 Å². The van der Waals surface area contributed by atoms with Crippen LogP contribution in [0.5, 0.6) is 0 Å². The van der Waals surface area contributed by atoms with Crippen molar-refractivity contribution in [2.75, 3.05) is 6.61 Å². The molecule has 1 aliphatic heterocycles. The molecule has 32 heavy (non-hydrogen) atoms. The van der Waals surface area contributed by atoms with E-state index in [0.29, 0.717) is 18.6 Å². The van der Waals surface area contributed by atoms with Crippen molar-refractivity contribution in [1.29, 1.82) is 0 Å². The Kier molecular flexibility index (Phi) is 5.86. The van der Waals surface area contributed by atoms with Crippen LogP contribution in [-0.4, -0.2) is 22.3 Å². The molecular weight excluding hydrogens is 425 g/mol. The first kappa shape index (κ1) is 21.8. The molecule has 1 amide bonds. The summed E-state index contributed by atoms with van der Waals surface area (Å²) in [5.41, 5.74) is 0.455. The first-order chi connectivity index (χ1) is 15.3. The van der Waals surface area contributed by atoms with E-state index in [2.05, 4.69) is 0 Å². The number of hydrogen-bond acceptors (Lipinski definition) is 4. The number of carbonyl (C=O) groups excluding carboxylic acids is 1. The van der Waals surface area contributed by atoms with Crippen LogP contribution in [0.25, 0.3) is 0 Å². The smallest absolute Gasteiger partial charge is 0.274 e. The fraction of sp³-hybridized carbons (Fsp3) is 0.217. The Morgan fingerprint density at radius 1 is 1.09 bits per heavy atom. The van der Waals surface area contributed by atoms with Gasteiger partial charge in [0.25, 0.3) is 11.5 Å². The molecule has 2 aromatic carbocycles. The van der Waals surface area contributed by atoms with Crippen molar-refractivity contribution in [1.82, 2.24) is 10.0 Å². The highest BCUT2D eigenvalue weighted by atomic mass is 19.1. The molecule has 1 saturated heterocycles. The summed E-state index contributed by atoms with van der Waals surface area (Å²) in [4.78, 5) is 24.2. The van der Waals surface area contributed by atoms with Gasteiger partial charge in [0.2, 0.25) is 0 Å². The zero-order valence-corrected chi connectivity index (χ0v) is 16.8. The first-order valence-electron chi connectivity index (χ1n) is 9.87. The fourth-order valence-corrected chi connectivity index (χ4v) is 4.05. The Hall–Kier alpha value is -3.43. The van der Waals surface area contributed by atoms with Gasteiger partial charge in [0.1, 0.15) is 23.1 Å². The SMILES string of the molecule is O=C(NO)c1ccc(Cn2ccc(C3(c4c(F)cc(F)cc4F)CCCO3)cc2=O)cc1. The van der Waals surface area contributed by atoms with Crippen LogP contribution < -0.4 is 11.0 Å². The Bertz CT molecular complexity index is 1200. The third-order valence-electron chi connectivity index (χ3n) is 5.57. The quantitative estimate of drug-likeness (QED) is 0.467. The molecule has 2 N–H and O–H groups in total.